The molecule has 350 valence electrons. The van der Waals surface area contributed by atoms with E-state index in [0.717, 1.165) is 16.6 Å². The number of hydrogen-bond donors (Lipinski definition) is 13. The summed E-state index contributed by atoms with van der Waals surface area (Å²) in [6, 6.07) is 19.6. The molecule has 0 unspecified atom stereocenters. The number of H-pyrrole nitrogens is 2. The number of aromatic nitrogens is 4. The van der Waals surface area contributed by atoms with Crippen LogP contribution in [0.5, 0.6) is 0 Å². The Hall–Kier alpha value is -7.89. The maximum Gasteiger partial charge on any atom is 0.337 e. The van der Waals surface area contributed by atoms with Crippen LogP contribution in [0.25, 0.3) is 22.1 Å². The van der Waals surface area contributed by atoms with Gasteiger partial charge in [0, 0.05) is 40.8 Å². The highest BCUT2D eigenvalue weighted by atomic mass is 32.1. The number of thiocarbonyl (C=S) groups is 2. The Morgan fingerprint density at radius 2 is 1.09 bits per heavy atom. The summed E-state index contributed by atoms with van der Waals surface area (Å²) in [6.45, 7) is 0. The van der Waals surface area contributed by atoms with Gasteiger partial charge in [-0.15, -0.1) is 0 Å². The standard InChI is InChI=1S/C10H12N4O.C10H13N3O2S.C9H9N3O2.C8H10N2O2.C2H3NS.2CH5N/c1-11-9(15)6-3-4-7-8(5-6)14-10(12-2)13-7;1-12-10(16)13-8-4-3-6(5-7(8)11)9(14)15-2;1-10-9-11-6-3-2-5(8(13)14)4-7(6)12-9;1-12-8(11)5-2-3-6(9)7(10)4-5;1-3-2-4;2*1-2/h3-5H,1-2H3,(H,11,15)(H2,12,13,14);3-5H,11H2,1-2H3,(H2,12,13,16);2-4H,1H3,(H,13,14)(H2,10,11,12);2-4H,9-10H2,1H3;1H3;2*2H2,1H3. The normalized spacial score (nSPS) is 9.09. The molecule has 2 heterocycles. The van der Waals surface area contributed by atoms with Crippen molar-refractivity contribution in [2.45, 2.75) is 0 Å². The fraction of sp³-hybridized carbons (Fsp3) is 0.220. The number of fused-ring (bicyclic) bond motifs is 2. The second kappa shape index (κ2) is 31.0. The lowest BCUT2D eigenvalue weighted by Gasteiger charge is -2.10. The minimum Gasteiger partial charge on any atom is -0.478 e. The van der Waals surface area contributed by atoms with Gasteiger partial charge in [-0.05, 0) is 111 Å². The zero-order valence-electron chi connectivity index (χ0n) is 37.4. The summed E-state index contributed by atoms with van der Waals surface area (Å²) in [5.74, 6) is -0.553. The van der Waals surface area contributed by atoms with Crippen molar-refractivity contribution in [2.24, 2.45) is 16.5 Å². The van der Waals surface area contributed by atoms with E-state index in [9.17, 15) is 19.2 Å². The van der Waals surface area contributed by atoms with E-state index < -0.39 is 17.9 Å². The number of aromatic carboxylic acids is 1. The van der Waals surface area contributed by atoms with Crippen molar-refractivity contribution in [3.63, 3.8) is 0 Å². The largest absolute Gasteiger partial charge is 0.478 e. The molecule has 0 spiro atoms. The van der Waals surface area contributed by atoms with E-state index >= 15 is 0 Å². The van der Waals surface area contributed by atoms with Crippen LogP contribution in [0.4, 0.5) is 34.6 Å². The fourth-order valence-electron chi connectivity index (χ4n) is 4.60. The number of carboxylic acid groups (broad SMARTS) is 1. The minimum absolute atomic E-state index is 0.0995. The number of carboxylic acids is 1. The number of imidazole rings is 2. The number of hydrogen-bond acceptors (Lipinski definition) is 18. The van der Waals surface area contributed by atoms with Gasteiger partial charge in [-0.25, -0.2) is 29.3 Å². The van der Waals surface area contributed by atoms with Crippen LogP contribution in [0.15, 0.2) is 77.8 Å². The fourth-order valence-corrected chi connectivity index (χ4v) is 4.71. The SMILES string of the molecule is CN.CN.CN=C=S.CNC(=O)c1ccc2nc(NC)[nH]c2c1.CNC(=S)Nc1ccc(C(=O)OC)cc1N.CNc1nc2ccc(C(=O)O)cc2[nH]1.COC(=O)c1ccc(N)c(N)c1. The number of nitrogens with two attached hydrogens (primary N) is 5. The Labute approximate surface area is 386 Å². The molecule has 6 rings (SSSR count). The maximum atomic E-state index is 11.4. The van der Waals surface area contributed by atoms with Crippen LogP contribution in [0.2, 0.25) is 0 Å². The molecule has 0 aliphatic rings. The quantitative estimate of drug-likeness (QED) is 0.0469. The Bertz CT molecular complexity index is 2520. The number of nitrogen functional groups attached to an aromatic ring is 3. The highest BCUT2D eigenvalue weighted by Crippen LogP contribution is 2.21. The second-order valence-electron chi connectivity index (χ2n) is 11.7. The van der Waals surface area contributed by atoms with Crippen LogP contribution < -0.4 is 55.3 Å². The number of nitrogens with one attached hydrogen (secondary N) is 7. The predicted molar refractivity (Wildman–Crippen MR) is 267 cm³/mol. The molecule has 6 aromatic rings. The lowest BCUT2D eigenvalue weighted by atomic mass is 10.2. The average molecular weight is 936 g/mol. The molecule has 18 N–H and O–H groups in total. The Morgan fingerprint density at radius 1 is 0.662 bits per heavy atom. The van der Waals surface area contributed by atoms with Crippen LogP contribution in [0.1, 0.15) is 41.4 Å². The van der Waals surface area contributed by atoms with Gasteiger partial charge >= 0.3 is 17.9 Å². The van der Waals surface area contributed by atoms with Crippen molar-refractivity contribution < 1.29 is 33.8 Å². The number of isothiocyanates is 1. The molecule has 0 bridgehead atoms. The molecular formula is C41H57N15O7S2. The highest BCUT2D eigenvalue weighted by Gasteiger charge is 2.10. The Morgan fingerprint density at radius 3 is 1.48 bits per heavy atom. The molecule has 0 fully saturated rings. The number of carbonyl (C=O) groups excluding carboxylic acids is 3. The van der Waals surface area contributed by atoms with Gasteiger partial charge in [0.1, 0.15) is 0 Å². The van der Waals surface area contributed by atoms with Crippen LogP contribution in [0, 0.1) is 0 Å². The molecule has 4 aromatic carbocycles. The molecule has 0 radical (unpaired) electrons. The molecule has 0 saturated heterocycles. The zero-order valence-corrected chi connectivity index (χ0v) is 39.0. The van der Waals surface area contributed by atoms with Crippen molar-refractivity contribution in [3.05, 3.63) is 95.1 Å². The number of esters is 2. The monoisotopic (exact) mass is 935 g/mol. The third-order valence-corrected chi connectivity index (χ3v) is 8.21. The van der Waals surface area contributed by atoms with E-state index in [1.165, 1.54) is 46.5 Å². The van der Waals surface area contributed by atoms with E-state index in [-0.39, 0.29) is 11.5 Å². The predicted octanol–water partition coefficient (Wildman–Crippen LogP) is 3.75. The van der Waals surface area contributed by atoms with Gasteiger partial charge in [-0.1, -0.05) is 0 Å². The van der Waals surface area contributed by atoms with Crippen LogP contribution >= 0.6 is 24.4 Å². The van der Waals surface area contributed by atoms with E-state index in [1.54, 1.807) is 83.8 Å². The number of benzene rings is 4. The molecule has 0 atom stereocenters. The smallest absolute Gasteiger partial charge is 0.337 e. The van der Waals surface area contributed by atoms with E-state index in [1.807, 2.05) is 6.07 Å². The molecule has 0 aliphatic carbocycles. The van der Waals surface area contributed by atoms with Crippen LogP contribution in [-0.2, 0) is 9.47 Å². The van der Waals surface area contributed by atoms with Crippen molar-refractivity contribution in [3.8, 4) is 0 Å². The number of amides is 1. The van der Waals surface area contributed by atoms with Gasteiger partial charge in [-0.3, -0.25) is 4.79 Å². The van der Waals surface area contributed by atoms with Crippen molar-refractivity contribution in [1.82, 2.24) is 30.6 Å². The Balaban J connectivity index is 0.000000799. The molecule has 24 heteroatoms. The van der Waals surface area contributed by atoms with Gasteiger partial charge in [0.2, 0.25) is 11.9 Å². The first-order chi connectivity index (χ1) is 31.1. The number of aromatic amines is 2. The van der Waals surface area contributed by atoms with Crippen molar-refractivity contribution in [1.29, 1.82) is 0 Å². The van der Waals surface area contributed by atoms with Crippen LogP contribution in [-0.4, -0.2) is 123 Å². The summed E-state index contributed by atoms with van der Waals surface area (Å²) >= 11 is 9.07. The second-order valence-corrected chi connectivity index (χ2v) is 12.3. The third-order valence-electron chi connectivity index (χ3n) is 7.72. The number of anilines is 6. The number of nitrogens with zero attached hydrogens (tertiary/aromatic N) is 3. The summed E-state index contributed by atoms with van der Waals surface area (Å²) in [5, 5.41) is 25.3. The molecule has 1 amide bonds. The number of methoxy groups -OCH3 is 2. The molecule has 0 saturated carbocycles. The molecule has 0 aliphatic heterocycles. The van der Waals surface area contributed by atoms with Gasteiger partial charge in [-0.2, -0.15) is 0 Å². The maximum absolute atomic E-state index is 11.4. The van der Waals surface area contributed by atoms with E-state index in [4.69, 9.17) is 34.5 Å². The Kier molecular flexibility index (Phi) is 27.3. The minimum atomic E-state index is -0.937. The van der Waals surface area contributed by atoms with E-state index in [2.05, 4.69) is 89.8 Å². The third kappa shape index (κ3) is 18.9. The number of carbonyl (C=O) groups is 4. The molecular weight excluding hydrogens is 879 g/mol. The number of ether oxygens (including phenoxy) is 2. The molecule has 65 heavy (non-hydrogen) atoms. The van der Waals surface area contributed by atoms with Crippen LogP contribution in [0.3, 0.4) is 0 Å². The summed E-state index contributed by atoms with van der Waals surface area (Å²) < 4.78 is 9.08. The lowest BCUT2D eigenvalue weighted by molar-refractivity contribution is 0.0592. The molecule has 2 aromatic heterocycles. The number of rotatable bonds is 7. The van der Waals surface area contributed by atoms with Gasteiger partial charge in [0.25, 0.3) is 5.91 Å². The highest BCUT2D eigenvalue weighted by molar-refractivity contribution is 7.80. The first kappa shape index (κ1) is 57.1. The molecule has 22 nitrogen and oxygen atoms in total. The van der Waals surface area contributed by atoms with Crippen molar-refractivity contribution >= 4 is 115 Å². The van der Waals surface area contributed by atoms with Gasteiger partial charge in [0.05, 0.1) is 80.9 Å². The topological polar surface area (TPSA) is 367 Å². The summed E-state index contributed by atoms with van der Waals surface area (Å²) in [4.78, 5) is 62.0. The lowest BCUT2D eigenvalue weighted by Crippen LogP contribution is -2.24. The summed E-state index contributed by atoms with van der Waals surface area (Å²) in [6.07, 6.45) is 0. The van der Waals surface area contributed by atoms with E-state index in [0.29, 0.717) is 62.0 Å². The summed E-state index contributed by atoms with van der Waals surface area (Å²) in [7, 11) is 14.1. The summed E-state index contributed by atoms with van der Waals surface area (Å²) in [5.41, 5.74) is 32.5. The first-order valence-corrected chi connectivity index (χ1v) is 19.5. The van der Waals surface area contributed by atoms with Gasteiger partial charge < -0.3 is 79.8 Å². The van der Waals surface area contributed by atoms with Crippen molar-refractivity contribution in [2.75, 3.05) is 96.7 Å². The first-order valence-electron chi connectivity index (χ1n) is 18.7. The average Bonchev–Trinajstić information content (AvgIpc) is 3.97. The zero-order chi connectivity index (χ0) is 49.6. The number of aliphatic imine (C=N–C) groups is 1. The van der Waals surface area contributed by atoms with Gasteiger partial charge in [0.15, 0.2) is 5.11 Å².